The van der Waals surface area contributed by atoms with E-state index in [9.17, 15) is 4.79 Å². The Morgan fingerprint density at radius 1 is 1.70 bits per heavy atom. The summed E-state index contributed by atoms with van der Waals surface area (Å²) in [5.41, 5.74) is 0. The minimum atomic E-state index is -0.884. The molecular weight excluding hydrogens is 156 g/mol. The summed E-state index contributed by atoms with van der Waals surface area (Å²) in [6.07, 6.45) is -0.884. The average Bonchev–Trinajstić information content (AvgIpc) is 1.82. The predicted octanol–water partition coefficient (Wildman–Crippen LogP) is 0.237. The summed E-state index contributed by atoms with van der Waals surface area (Å²) in [6, 6.07) is 0. The summed E-state index contributed by atoms with van der Waals surface area (Å²) in [6.45, 7) is 1.23. The van der Waals surface area contributed by atoms with Crippen LogP contribution in [0.5, 0.6) is 0 Å². The van der Waals surface area contributed by atoms with Crippen LogP contribution in [0.15, 0.2) is 0 Å². The van der Waals surface area contributed by atoms with E-state index in [4.69, 9.17) is 5.11 Å². The molecule has 0 bridgehead atoms. The smallest absolute Gasteiger partial charge is 0.407 e. The first-order valence-electron chi connectivity index (χ1n) is 2.77. The number of halogens is 1. The van der Waals surface area contributed by atoms with Gasteiger partial charge in [-0.2, -0.15) is 0 Å². The standard InChI is InChI=1S/C5H12N2O2.ClH/c1-6-3-4-7(2)5(8)9;/h6H,3-4H2,1-2H3,(H,8,9);1H. The molecule has 0 fully saturated rings. The third-order valence-corrected chi connectivity index (χ3v) is 1.02. The van der Waals surface area contributed by atoms with Crippen LogP contribution in [0.25, 0.3) is 0 Å². The molecule has 62 valence electrons. The topological polar surface area (TPSA) is 52.6 Å². The minimum Gasteiger partial charge on any atom is -0.465 e. The summed E-state index contributed by atoms with van der Waals surface area (Å²) in [4.78, 5) is 11.3. The number of hydrogen-bond donors (Lipinski definition) is 2. The van der Waals surface area contributed by atoms with Crippen molar-refractivity contribution in [2.24, 2.45) is 0 Å². The molecule has 0 unspecified atom stereocenters. The zero-order valence-electron chi connectivity index (χ0n) is 6.13. The molecule has 0 spiro atoms. The normalized spacial score (nSPS) is 8.20. The second-order valence-electron chi connectivity index (χ2n) is 1.81. The lowest BCUT2D eigenvalue weighted by Crippen LogP contribution is -2.31. The van der Waals surface area contributed by atoms with Crippen LogP contribution in [0.2, 0.25) is 0 Å². The van der Waals surface area contributed by atoms with Crippen LogP contribution in [-0.2, 0) is 0 Å². The number of amides is 1. The molecule has 0 saturated heterocycles. The molecule has 2 N–H and O–H groups in total. The molecule has 10 heavy (non-hydrogen) atoms. The van der Waals surface area contributed by atoms with Crippen molar-refractivity contribution in [3.63, 3.8) is 0 Å². The van der Waals surface area contributed by atoms with Crippen molar-refractivity contribution < 1.29 is 9.90 Å². The van der Waals surface area contributed by atoms with Gasteiger partial charge in [0.1, 0.15) is 0 Å². The van der Waals surface area contributed by atoms with Gasteiger partial charge in [-0.1, -0.05) is 0 Å². The van der Waals surface area contributed by atoms with Gasteiger partial charge in [0, 0.05) is 20.1 Å². The molecule has 0 aromatic rings. The average molecular weight is 169 g/mol. The van der Waals surface area contributed by atoms with Crippen molar-refractivity contribution >= 4 is 18.5 Å². The predicted molar refractivity (Wildman–Crippen MR) is 41.8 cm³/mol. The molecule has 1 amide bonds. The molecule has 0 aromatic carbocycles. The van der Waals surface area contributed by atoms with Gasteiger partial charge in [0.05, 0.1) is 0 Å². The Labute approximate surface area is 66.6 Å². The molecular formula is C5H13ClN2O2. The molecule has 4 nitrogen and oxygen atoms in total. The number of carbonyl (C=O) groups is 1. The highest BCUT2D eigenvalue weighted by atomic mass is 35.5. The molecule has 0 radical (unpaired) electrons. The van der Waals surface area contributed by atoms with Crippen LogP contribution in [0.4, 0.5) is 4.79 Å². The van der Waals surface area contributed by atoms with Gasteiger partial charge < -0.3 is 15.3 Å². The number of rotatable bonds is 3. The van der Waals surface area contributed by atoms with Crippen LogP contribution < -0.4 is 5.32 Å². The lowest BCUT2D eigenvalue weighted by Gasteiger charge is -2.10. The molecule has 0 saturated carbocycles. The first kappa shape index (κ1) is 12.2. The van der Waals surface area contributed by atoms with E-state index in [0.717, 1.165) is 0 Å². The van der Waals surface area contributed by atoms with Crippen LogP contribution in [-0.4, -0.2) is 43.3 Å². The molecule has 0 aromatic heterocycles. The summed E-state index contributed by atoms with van der Waals surface area (Å²) in [5, 5.41) is 11.2. The van der Waals surface area contributed by atoms with Gasteiger partial charge in [-0.3, -0.25) is 0 Å². The minimum absolute atomic E-state index is 0. The first-order chi connectivity index (χ1) is 4.18. The number of hydrogen-bond acceptors (Lipinski definition) is 2. The first-order valence-corrected chi connectivity index (χ1v) is 2.77. The number of nitrogens with zero attached hydrogens (tertiary/aromatic N) is 1. The van der Waals surface area contributed by atoms with Crippen molar-refractivity contribution in [3.05, 3.63) is 0 Å². The Morgan fingerprint density at radius 3 is 2.50 bits per heavy atom. The Balaban J connectivity index is 0. The fourth-order valence-corrected chi connectivity index (χ4v) is 0.375. The fourth-order valence-electron chi connectivity index (χ4n) is 0.375. The molecule has 0 atom stereocenters. The van der Waals surface area contributed by atoms with Crippen molar-refractivity contribution in [3.8, 4) is 0 Å². The van der Waals surface area contributed by atoms with Crippen LogP contribution in [0.1, 0.15) is 0 Å². The molecule has 0 aliphatic heterocycles. The van der Waals surface area contributed by atoms with Gasteiger partial charge >= 0.3 is 6.09 Å². The monoisotopic (exact) mass is 168 g/mol. The Kier molecular flexibility index (Phi) is 8.11. The second kappa shape index (κ2) is 6.64. The highest BCUT2D eigenvalue weighted by molar-refractivity contribution is 5.85. The van der Waals surface area contributed by atoms with Crippen molar-refractivity contribution in [1.29, 1.82) is 0 Å². The summed E-state index contributed by atoms with van der Waals surface area (Å²) in [7, 11) is 3.33. The van der Waals surface area contributed by atoms with E-state index < -0.39 is 6.09 Å². The fraction of sp³-hybridized carbons (Fsp3) is 0.800. The van der Waals surface area contributed by atoms with E-state index in [1.54, 1.807) is 14.1 Å². The molecule has 0 aliphatic rings. The quantitative estimate of drug-likeness (QED) is 0.635. The SMILES string of the molecule is CNCCN(C)C(=O)O.Cl. The highest BCUT2D eigenvalue weighted by Crippen LogP contribution is 1.79. The summed E-state index contributed by atoms with van der Waals surface area (Å²) >= 11 is 0. The van der Waals surface area contributed by atoms with E-state index >= 15 is 0 Å². The lowest BCUT2D eigenvalue weighted by atomic mass is 10.6. The Hall–Kier alpha value is -0.480. The van der Waals surface area contributed by atoms with Gasteiger partial charge in [0.15, 0.2) is 0 Å². The maximum atomic E-state index is 10.1. The van der Waals surface area contributed by atoms with E-state index in [-0.39, 0.29) is 12.4 Å². The van der Waals surface area contributed by atoms with Crippen molar-refractivity contribution in [1.82, 2.24) is 10.2 Å². The van der Waals surface area contributed by atoms with E-state index in [1.165, 1.54) is 4.90 Å². The lowest BCUT2D eigenvalue weighted by molar-refractivity contribution is 0.156. The van der Waals surface area contributed by atoms with Gasteiger partial charge in [0.2, 0.25) is 0 Å². The van der Waals surface area contributed by atoms with Gasteiger partial charge in [-0.05, 0) is 7.05 Å². The largest absolute Gasteiger partial charge is 0.465 e. The van der Waals surface area contributed by atoms with E-state index in [0.29, 0.717) is 13.1 Å². The number of carboxylic acid groups (broad SMARTS) is 1. The maximum absolute atomic E-state index is 10.1. The summed E-state index contributed by atoms with van der Waals surface area (Å²) in [5.74, 6) is 0. The summed E-state index contributed by atoms with van der Waals surface area (Å²) < 4.78 is 0. The maximum Gasteiger partial charge on any atom is 0.407 e. The molecule has 5 heteroatoms. The van der Waals surface area contributed by atoms with Crippen molar-refractivity contribution in [2.45, 2.75) is 0 Å². The number of nitrogens with one attached hydrogen (secondary N) is 1. The highest BCUT2D eigenvalue weighted by Gasteiger charge is 2.01. The third-order valence-electron chi connectivity index (χ3n) is 1.02. The second-order valence-corrected chi connectivity index (χ2v) is 1.81. The van der Waals surface area contributed by atoms with Crippen molar-refractivity contribution in [2.75, 3.05) is 27.2 Å². The third kappa shape index (κ3) is 5.65. The van der Waals surface area contributed by atoms with E-state index in [1.807, 2.05) is 0 Å². The zero-order chi connectivity index (χ0) is 7.28. The molecule has 0 rings (SSSR count). The Bertz CT molecular complexity index is 99.6. The van der Waals surface area contributed by atoms with Crippen LogP contribution in [0.3, 0.4) is 0 Å². The van der Waals surface area contributed by atoms with Gasteiger partial charge in [0.25, 0.3) is 0 Å². The number of likely N-dealkylation sites (N-methyl/N-ethyl adjacent to an activating group) is 2. The molecule has 0 heterocycles. The van der Waals surface area contributed by atoms with Crippen LogP contribution >= 0.6 is 12.4 Å². The van der Waals surface area contributed by atoms with Gasteiger partial charge in [-0.25, -0.2) is 4.79 Å². The van der Waals surface area contributed by atoms with Crippen LogP contribution in [0, 0.1) is 0 Å². The van der Waals surface area contributed by atoms with E-state index in [2.05, 4.69) is 5.32 Å². The Morgan fingerprint density at radius 2 is 2.20 bits per heavy atom. The van der Waals surface area contributed by atoms with Gasteiger partial charge in [-0.15, -0.1) is 12.4 Å². The zero-order valence-corrected chi connectivity index (χ0v) is 6.94. The molecule has 0 aliphatic carbocycles.